The predicted molar refractivity (Wildman–Crippen MR) is 73.6 cm³/mol. The van der Waals surface area contributed by atoms with Crippen LogP contribution >= 0.6 is 0 Å². The van der Waals surface area contributed by atoms with Gasteiger partial charge in [0.05, 0.1) is 0 Å². The minimum Gasteiger partial charge on any atom is -0.444 e. The van der Waals surface area contributed by atoms with Crippen molar-refractivity contribution in [2.75, 3.05) is 13.1 Å². The van der Waals surface area contributed by atoms with Crippen molar-refractivity contribution in [1.82, 2.24) is 10.6 Å². The quantitative estimate of drug-likeness (QED) is 0.812. The van der Waals surface area contributed by atoms with E-state index < -0.39 is 5.60 Å². The van der Waals surface area contributed by atoms with Gasteiger partial charge < -0.3 is 15.4 Å². The van der Waals surface area contributed by atoms with Crippen LogP contribution in [0.3, 0.4) is 0 Å². The highest BCUT2D eigenvalue weighted by molar-refractivity contribution is 5.67. The Balaban J connectivity index is 2.31. The van der Waals surface area contributed by atoms with E-state index in [2.05, 4.69) is 24.5 Å². The van der Waals surface area contributed by atoms with Gasteiger partial charge in [0.25, 0.3) is 0 Å². The van der Waals surface area contributed by atoms with Crippen LogP contribution in [0.2, 0.25) is 0 Å². The van der Waals surface area contributed by atoms with E-state index in [4.69, 9.17) is 4.74 Å². The maximum atomic E-state index is 11.6. The highest BCUT2D eigenvalue weighted by Gasteiger charge is 2.28. The van der Waals surface area contributed by atoms with Crippen LogP contribution < -0.4 is 10.6 Å². The largest absolute Gasteiger partial charge is 0.444 e. The fourth-order valence-corrected chi connectivity index (χ4v) is 2.38. The summed E-state index contributed by atoms with van der Waals surface area (Å²) in [6, 6.07) is 0.528. The zero-order valence-corrected chi connectivity index (χ0v) is 12.4. The third-order valence-electron chi connectivity index (χ3n) is 3.12. The van der Waals surface area contributed by atoms with Crippen LogP contribution in [0.25, 0.3) is 0 Å². The van der Waals surface area contributed by atoms with Crippen molar-refractivity contribution in [3.8, 4) is 0 Å². The van der Waals surface area contributed by atoms with E-state index in [0.29, 0.717) is 24.4 Å². The molecular formula is C14H28N2O2. The lowest BCUT2D eigenvalue weighted by Gasteiger charge is -2.23. The molecule has 1 saturated heterocycles. The second-order valence-corrected chi connectivity index (χ2v) is 6.62. The fourth-order valence-electron chi connectivity index (χ4n) is 2.38. The third-order valence-corrected chi connectivity index (χ3v) is 3.12. The van der Waals surface area contributed by atoms with E-state index >= 15 is 0 Å². The Morgan fingerprint density at radius 2 is 2.11 bits per heavy atom. The first-order chi connectivity index (χ1) is 8.28. The van der Waals surface area contributed by atoms with Crippen LogP contribution in [0.5, 0.6) is 0 Å². The molecule has 1 fully saturated rings. The number of hydrogen-bond acceptors (Lipinski definition) is 3. The number of hydrogen-bond donors (Lipinski definition) is 2. The summed E-state index contributed by atoms with van der Waals surface area (Å²) in [6.07, 6.45) is 1.99. The highest BCUT2D eigenvalue weighted by Crippen LogP contribution is 2.21. The fraction of sp³-hybridized carbons (Fsp3) is 0.929. The van der Waals surface area contributed by atoms with Gasteiger partial charge in [0.15, 0.2) is 0 Å². The summed E-state index contributed by atoms with van der Waals surface area (Å²) in [5.41, 5.74) is -0.421. The van der Waals surface area contributed by atoms with Crippen molar-refractivity contribution in [1.29, 1.82) is 0 Å². The molecule has 4 nitrogen and oxygen atoms in total. The molecule has 106 valence electrons. The van der Waals surface area contributed by atoms with E-state index in [9.17, 15) is 4.79 Å². The molecule has 18 heavy (non-hydrogen) atoms. The SMILES string of the molecule is CC(C)CC1NCCC1CNC(=O)OC(C)(C)C. The van der Waals surface area contributed by atoms with Crippen LogP contribution in [0.1, 0.15) is 47.5 Å². The van der Waals surface area contributed by atoms with Gasteiger partial charge in [-0.05, 0) is 52.0 Å². The average Bonchev–Trinajstić information content (AvgIpc) is 2.58. The minimum atomic E-state index is -0.421. The van der Waals surface area contributed by atoms with E-state index in [1.807, 2.05) is 20.8 Å². The van der Waals surface area contributed by atoms with E-state index in [-0.39, 0.29) is 6.09 Å². The number of amides is 1. The number of nitrogens with one attached hydrogen (secondary N) is 2. The van der Waals surface area contributed by atoms with Crippen LogP contribution in [0.4, 0.5) is 4.79 Å². The molecule has 0 spiro atoms. The highest BCUT2D eigenvalue weighted by atomic mass is 16.6. The lowest BCUT2D eigenvalue weighted by Crippen LogP contribution is -2.39. The van der Waals surface area contributed by atoms with Gasteiger partial charge in [-0.25, -0.2) is 4.79 Å². The topological polar surface area (TPSA) is 50.4 Å². The summed E-state index contributed by atoms with van der Waals surface area (Å²) in [7, 11) is 0. The lowest BCUT2D eigenvalue weighted by atomic mass is 9.93. The molecule has 0 saturated carbocycles. The zero-order chi connectivity index (χ0) is 13.8. The predicted octanol–water partition coefficient (Wildman–Crippen LogP) is 2.54. The number of carbonyl (C=O) groups excluding carboxylic acids is 1. The number of ether oxygens (including phenoxy) is 1. The van der Waals surface area contributed by atoms with Crippen LogP contribution in [-0.2, 0) is 4.74 Å². The molecule has 1 heterocycles. The number of alkyl carbamates (subject to hydrolysis) is 1. The molecule has 2 N–H and O–H groups in total. The first-order valence-electron chi connectivity index (χ1n) is 6.98. The molecule has 2 unspecified atom stereocenters. The van der Waals surface area contributed by atoms with Gasteiger partial charge in [0.1, 0.15) is 5.60 Å². The first-order valence-corrected chi connectivity index (χ1v) is 6.98. The Kier molecular flexibility index (Phi) is 5.45. The molecule has 0 aromatic carbocycles. The molecule has 1 rings (SSSR count). The Morgan fingerprint density at radius 3 is 2.67 bits per heavy atom. The summed E-state index contributed by atoms with van der Waals surface area (Å²) in [6.45, 7) is 11.9. The molecule has 4 heteroatoms. The summed E-state index contributed by atoms with van der Waals surface area (Å²) < 4.78 is 5.24. The molecule has 1 amide bonds. The molecule has 2 atom stereocenters. The van der Waals surface area contributed by atoms with Gasteiger partial charge in [-0.3, -0.25) is 0 Å². The molecule has 0 aromatic heterocycles. The van der Waals surface area contributed by atoms with Gasteiger partial charge in [-0.15, -0.1) is 0 Å². The van der Waals surface area contributed by atoms with Crippen LogP contribution in [0, 0.1) is 11.8 Å². The number of carbonyl (C=O) groups is 1. The second kappa shape index (κ2) is 6.41. The van der Waals surface area contributed by atoms with Crippen molar-refractivity contribution in [2.24, 2.45) is 11.8 Å². The van der Waals surface area contributed by atoms with Crippen LogP contribution in [0.15, 0.2) is 0 Å². The maximum Gasteiger partial charge on any atom is 0.407 e. The maximum absolute atomic E-state index is 11.6. The van der Waals surface area contributed by atoms with Gasteiger partial charge in [-0.2, -0.15) is 0 Å². The molecule has 0 aliphatic carbocycles. The second-order valence-electron chi connectivity index (χ2n) is 6.62. The van der Waals surface area contributed by atoms with Crippen molar-refractivity contribution >= 4 is 6.09 Å². The summed E-state index contributed by atoms with van der Waals surface area (Å²) >= 11 is 0. The summed E-state index contributed by atoms with van der Waals surface area (Å²) in [4.78, 5) is 11.6. The Labute approximate surface area is 111 Å². The van der Waals surface area contributed by atoms with Gasteiger partial charge in [0.2, 0.25) is 0 Å². The van der Waals surface area contributed by atoms with Crippen molar-refractivity contribution in [3.05, 3.63) is 0 Å². The Bertz CT molecular complexity index is 271. The van der Waals surface area contributed by atoms with Gasteiger partial charge in [-0.1, -0.05) is 13.8 Å². The van der Waals surface area contributed by atoms with Gasteiger partial charge >= 0.3 is 6.09 Å². The van der Waals surface area contributed by atoms with E-state index in [0.717, 1.165) is 13.0 Å². The Morgan fingerprint density at radius 1 is 1.44 bits per heavy atom. The average molecular weight is 256 g/mol. The normalized spacial score (nSPS) is 24.3. The molecule has 0 radical (unpaired) electrons. The smallest absolute Gasteiger partial charge is 0.407 e. The first kappa shape index (κ1) is 15.3. The van der Waals surface area contributed by atoms with Crippen molar-refractivity contribution in [3.63, 3.8) is 0 Å². The monoisotopic (exact) mass is 256 g/mol. The van der Waals surface area contributed by atoms with Crippen LogP contribution in [-0.4, -0.2) is 30.8 Å². The third kappa shape index (κ3) is 5.71. The minimum absolute atomic E-state index is 0.308. The van der Waals surface area contributed by atoms with Crippen molar-refractivity contribution in [2.45, 2.75) is 59.1 Å². The van der Waals surface area contributed by atoms with Gasteiger partial charge in [0, 0.05) is 12.6 Å². The van der Waals surface area contributed by atoms with Crippen molar-refractivity contribution < 1.29 is 9.53 Å². The number of rotatable bonds is 4. The van der Waals surface area contributed by atoms with E-state index in [1.165, 1.54) is 6.42 Å². The molecular weight excluding hydrogens is 228 g/mol. The standard InChI is InChI=1S/C14H28N2O2/c1-10(2)8-12-11(6-7-15-12)9-16-13(17)18-14(3,4)5/h10-12,15H,6-9H2,1-5H3,(H,16,17). The molecule has 0 bridgehead atoms. The zero-order valence-electron chi connectivity index (χ0n) is 12.4. The molecule has 1 aliphatic rings. The summed E-state index contributed by atoms with van der Waals surface area (Å²) in [5.74, 6) is 1.21. The summed E-state index contributed by atoms with van der Waals surface area (Å²) in [5, 5.41) is 6.40. The lowest BCUT2D eigenvalue weighted by molar-refractivity contribution is 0.0517. The van der Waals surface area contributed by atoms with E-state index in [1.54, 1.807) is 0 Å². The molecule has 1 aliphatic heterocycles. The Hall–Kier alpha value is -0.770. The molecule has 0 aromatic rings.